The molecular weight excluding hydrogens is 814 g/mol. The number of aliphatic hydroxyl groups is 1. The number of phosphoric acid groups is 1. The van der Waals surface area contributed by atoms with E-state index in [1.165, 1.54) is 96.3 Å². The Labute approximate surface area is 385 Å². The van der Waals surface area contributed by atoms with E-state index in [0.29, 0.717) is 43.1 Å². The Morgan fingerprint density at radius 3 is 1.75 bits per heavy atom. The third kappa shape index (κ3) is 47.2. The fraction of sp³-hybridized carbons (Fsp3) is 0.731. The summed E-state index contributed by atoms with van der Waals surface area (Å²) >= 11 is 0. The smallest absolute Gasteiger partial charge is 0.306 e. The number of ether oxygens (including phenoxy) is 2. The number of allylic oxidation sites excluding steroid dienone is 10. The lowest BCUT2D eigenvalue weighted by molar-refractivity contribution is -0.870. The van der Waals surface area contributed by atoms with E-state index in [4.69, 9.17) is 18.5 Å². The van der Waals surface area contributed by atoms with Crippen molar-refractivity contribution in [1.29, 1.82) is 0 Å². The summed E-state index contributed by atoms with van der Waals surface area (Å²) in [6, 6.07) is 0. The van der Waals surface area contributed by atoms with E-state index in [0.717, 1.165) is 32.1 Å². The van der Waals surface area contributed by atoms with Crippen LogP contribution < -0.4 is 4.89 Å². The second-order valence-electron chi connectivity index (χ2n) is 17.6. The Bertz CT molecular complexity index is 1320. The SMILES string of the molecule is CC/C=C\C/C=C\CC(O)/C=C/C=C\C/C=C\CCCC(=O)O[C@H](COC(=O)CCCCCCCCCCCCC/C=C\CCCCCCCC)COP(=O)([O-])OCC[N+](C)(C)C. The van der Waals surface area contributed by atoms with Gasteiger partial charge in [-0.3, -0.25) is 14.2 Å². The number of hydrogen-bond donors (Lipinski definition) is 1. The molecule has 0 aliphatic carbocycles. The van der Waals surface area contributed by atoms with Crippen molar-refractivity contribution in [2.45, 2.75) is 199 Å². The van der Waals surface area contributed by atoms with Crippen LogP contribution in [0, 0.1) is 0 Å². The molecule has 0 amide bonds. The first-order chi connectivity index (χ1) is 30.4. The van der Waals surface area contributed by atoms with Gasteiger partial charge in [-0.05, 0) is 70.6 Å². The molecule has 3 atom stereocenters. The van der Waals surface area contributed by atoms with Crippen LogP contribution >= 0.6 is 7.82 Å². The van der Waals surface area contributed by atoms with Gasteiger partial charge in [-0.15, -0.1) is 0 Å². The molecule has 0 aromatic carbocycles. The first kappa shape index (κ1) is 60.4. The van der Waals surface area contributed by atoms with Crippen LogP contribution in [0.3, 0.4) is 0 Å². The number of likely N-dealkylation sites (N-methyl/N-ethyl adjacent to an activating group) is 1. The van der Waals surface area contributed by atoms with Crippen molar-refractivity contribution in [3.05, 3.63) is 72.9 Å². The van der Waals surface area contributed by atoms with E-state index < -0.39 is 38.6 Å². The Balaban J connectivity index is 4.40. The van der Waals surface area contributed by atoms with Crippen LogP contribution in [0.4, 0.5) is 0 Å². The van der Waals surface area contributed by atoms with Crippen molar-refractivity contribution in [3.8, 4) is 0 Å². The van der Waals surface area contributed by atoms with Crippen molar-refractivity contribution in [3.63, 3.8) is 0 Å². The molecule has 11 heteroatoms. The fourth-order valence-corrected chi connectivity index (χ4v) is 7.14. The molecule has 2 unspecified atom stereocenters. The minimum Gasteiger partial charge on any atom is -0.756 e. The zero-order valence-electron chi connectivity index (χ0n) is 40.6. The van der Waals surface area contributed by atoms with Gasteiger partial charge in [0.1, 0.15) is 19.8 Å². The molecule has 0 heterocycles. The zero-order chi connectivity index (χ0) is 46.5. The number of esters is 2. The number of aliphatic hydroxyl groups excluding tert-OH is 1. The predicted molar refractivity (Wildman–Crippen MR) is 260 cm³/mol. The molecule has 63 heavy (non-hydrogen) atoms. The van der Waals surface area contributed by atoms with Crippen molar-refractivity contribution in [1.82, 2.24) is 0 Å². The minimum atomic E-state index is -4.66. The minimum absolute atomic E-state index is 0.0556. The standard InChI is InChI=1S/C52H92NO9P/c1-6-8-10-12-14-15-16-17-18-19-20-21-22-23-24-25-26-27-31-35-39-43-51(55)59-47-50(48-61-63(57,58)60-46-45-53(3,4)5)62-52(56)44-40-36-32-29-28-30-34-38-42-49(54)41-37-33-13-11-9-7-2/h9,11,17-18,29-30,32-34,37-38,42,49-50,54H,6-8,10,12-16,19-28,31,35-36,39-41,43-48H2,1-5H3/b11-9-,18-17-,32-29-,34-30-,37-33-,42-38+/t49?,50-/m1/s1. The highest BCUT2D eigenvalue weighted by Gasteiger charge is 2.21. The lowest BCUT2D eigenvalue weighted by Crippen LogP contribution is -2.37. The molecule has 0 aromatic rings. The highest BCUT2D eigenvalue weighted by atomic mass is 31.2. The van der Waals surface area contributed by atoms with Gasteiger partial charge in [0.05, 0.1) is 33.9 Å². The summed E-state index contributed by atoms with van der Waals surface area (Å²) in [6.45, 7) is 3.95. The van der Waals surface area contributed by atoms with Crippen LogP contribution in [0.2, 0.25) is 0 Å². The third-order valence-electron chi connectivity index (χ3n) is 10.3. The number of hydrogen-bond acceptors (Lipinski definition) is 9. The molecule has 0 saturated carbocycles. The van der Waals surface area contributed by atoms with Crippen LogP contribution in [-0.2, 0) is 32.7 Å². The Morgan fingerprint density at radius 1 is 0.603 bits per heavy atom. The summed E-state index contributed by atoms with van der Waals surface area (Å²) in [5, 5.41) is 10.0. The maximum Gasteiger partial charge on any atom is 0.306 e. The molecule has 0 aromatic heterocycles. The summed E-state index contributed by atoms with van der Waals surface area (Å²) in [4.78, 5) is 37.7. The number of nitrogens with zero attached hydrogens (tertiary/aromatic N) is 1. The van der Waals surface area contributed by atoms with Crippen molar-refractivity contribution in [2.75, 3.05) is 47.5 Å². The molecule has 0 aliphatic heterocycles. The first-order valence-corrected chi connectivity index (χ1v) is 26.2. The monoisotopic (exact) mass is 906 g/mol. The second-order valence-corrected chi connectivity index (χ2v) is 19.1. The Hall–Kier alpha value is -2.59. The summed E-state index contributed by atoms with van der Waals surface area (Å²) < 4.78 is 33.9. The molecule has 0 fully saturated rings. The van der Waals surface area contributed by atoms with Gasteiger partial charge in [0, 0.05) is 12.8 Å². The number of quaternary nitrogens is 1. The van der Waals surface area contributed by atoms with Crippen LogP contribution in [0.1, 0.15) is 187 Å². The topological polar surface area (TPSA) is 131 Å². The van der Waals surface area contributed by atoms with E-state index in [9.17, 15) is 24.2 Å². The summed E-state index contributed by atoms with van der Waals surface area (Å²) in [5.41, 5.74) is 0. The van der Waals surface area contributed by atoms with E-state index in [2.05, 4.69) is 44.2 Å². The maximum absolute atomic E-state index is 12.7. The molecule has 364 valence electrons. The van der Waals surface area contributed by atoms with Crippen LogP contribution in [0.25, 0.3) is 0 Å². The number of phosphoric ester groups is 1. The van der Waals surface area contributed by atoms with Crippen molar-refractivity contribution < 1.29 is 47.2 Å². The van der Waals surface area contributed by atoms with E-state index in [1.54, 1.807) is 6.08 Å². The number of unbranched alkanes of at least 4 members (excludes halogenated alkanes) is 18. The van der Waals surface area contributed by atoms with E-state index in [1.807, 2.05) is 57.6 Å². The molecule has 0 aliphatic rings. The molecule has 0 radical (unpaired) electrons. The fourth-order valence-electron chi connectivity index (χ4n) is 6.42. The van der Waals surface area contributed by atoms with E-state index in [-0.39, 0.29) is 26.1 Å². The van der Waals surface area contributed by atoms with Crippen molar-refractivity contribution >= 4 is 19.8 Å². The van der Waals surface area contributed by atoms with Gasteiger partial charge in [0.2, 0.25) is 0 Å². The van der Waals surface area contributed by atoms with Gasteiger partial charge in [0.15, 0.2) is 6.10 Å². The Morgan fingerprint density at radius 2 is 1.13 bits per heavy atom. The van der Waals surface area contributed by atoms with Gasteiger partial charge in [-0.2, -0.15) is 0 Å². The van der Waals surface area contributed by atoms with Gasteiger partial charge in [-0.25, -0.2) is 0 Å². The highest BCUT2D eigenvalue weighted by Crippen LogP contribution is 2.38. The largest absolute Gasteiger partial charge is 0.756 e. The zero-order valence-corrected chi connectivity index (χ0v) is 41.5. The summed E-state index contributed by atoms with van der Waals surface area (Å²) in [6.07, 6.45) is 51.1. The maximum atomic E-state index is 12.7. The average Bonchev–Trinajstić information content (AvgIpc) is 3.23. The van der Waals surface area contributed by atoms with Crippen LogP contribution in [0.5, 0.6) is 0 Å². The number of carbonyl (C=O) groups excluding carboxylic acids is 2. The highest BCUT2D eigenvalue weighted by molar-refractivity contribution is 7.45. The average molecular weight is 906 g/mol. The van der Waals surface area contributed by atoms with Gasteiger partial charge in [-0.1, -0.05) is 177 Å². The molecule has 1 N–H and O–H groups in total. The lowest BCUT2D eigenvalue weighted by Gasteiger charge is -2.28. The normalized spacial score (nSPS) is 14.6. The molecular formula is C52H92NO9P. The van der Waals surface area contributed by atoms with Crippen LogP contribution in [0.15, 0.2) is 72.9 Å². The second kappa shape index (κ2) is 43.3. The molecule has 0 rings (SSSR count). The van der Waals surface area contributed by atoms with Crippen molar-refractivity contribution in [2.24, 2.45) is 0 Å². The van der Waals surface area contributed by atoms with Gasteiger partial charge >= 0.3 is 11.9 Å². The van der Waals surface area contributed by atoms with Gasteiger partial charge in [0.25, 0.3) is 7.82 Å². The number of carbonyl (C=O) groups is 2. The summed E-state index contributed by atoms with van der Waals surface area (Å²) in [5.74, 6) is -0.944. The van der Waals surface area contributed by atoms with E-state index >= 15 is 0 Å². The molecule has 0 bridgehead atoms. The van der Waals surface area contributed by atoms with Gasteiger partial charge < -0.3 is 33.0 Å². The first-order valence-electron chi connectivity index (χ1n) is 24.8. The molecule has 10 nitrogen and oxygen atoms in total. The predicted octanol–water partition coefficient (Wildman–Crippen LogP) is 12.9. The third-order valence-corrected chi connectivity index (χ3v) is 11.3. The molecule has 0 saturated heterocycles. The lowest BCUT2D eigenvalue weighted by atomic mass is 10.0. The Kier molecular flexibility index (Phi) is 41.5. The quantitative estimate of drug-likeness (QED) is 0.0158. The number of rotatable bonds is 44. The summed E-state index contributed by atoms with van der Waals surface area (Å²) in [7, 11) is 1.08. The molecule has 0 spiro atoms. The van der Waals surface area contributed by atoms with Crippen LogP contribution in [-0.4, -0.2) is 81.2 Å².